The van der Waals surface area contributed by atoms with Gasteiger partial charge in [0.05, 0.1) is 0 Å². The zero-order valence-electron chi connectivity index (χ0n) is 25.0. The Balaban J connectivity index is 0.000000289. The summed E-state index contributed by atoms with van der Waals surface area (Å²) in [5.74, 6) is 0. The topological polar surface area (TPSA) is 31.6 Å². The van der Waals surface area contributed by atoms with Crippen LogP contribution in [0.15, 0.2) is 97.6 Å². The monoisotopic (exact) mass is 526 g/mol. The Bertz CT molecular complexity index is 1770. The van der Waals surface area contributed by atoms with E-state index in [0.29, 0.717) is 0 Å². The molecule has 2 nitrogen and oxygen atoms in total. The van der Waals surface area contributed by atoms with Crippen molar-refractivity contribution in [3.05, 3.63) is 126 Å². The molecule has 6 aromatic rings. The molecule has 0 aliphatic heterocycles. The van der Waals surface area contributed by atoms with Crippen LogP contribution in [0.1, 0.15) is 69.5 Å². The maximum Gasteiger partial charge on any atom is 0.0471 e. The van der Waals surface area contributed by atoms with Crippen LogP contribution in [0.2, 0.25) is 0 Å². The number of hydrogen-bond acceptors (Lipinski definition) is 0. The number of aromatic nitrogens is 2. The largest absolute Gasteiger partial charge is 0.355 e. The lowest BCUT2D eigenvalue weighted by Gasteiger charge is -2.32. The first-order valence-electron chi connectivity index (χ1n) is 14.5. The molecule has 0 bridgehead atoms. The number of allylic oxidation sites excluding steroid dienone is 1. The molecule has 0 spiro atoms. The van der Waals surface area contributed by atoms with Crippen LogP contribution in [-0.2, 0) is 5.41 Å². The highest BCUT2D eigenvalue weighted by molar-refractivity contribution is 6.13. The third-order valence-corrected chi connectivity index (χ3v) is 7.53. The molecule has 0 unspecified atom stereocenters. The minimum Gasteiger partial charge on any atom is -0.355 e. The van der Waals surface area contributed by atoms with Crippen molar-refractivity contribution >= 4 is 50.4 Å². The smallest absolute Gasteiger partial charge is 0.0471 e. The second kappa shape index (κ2) is 12.3. The molecule has 2 aromatic heterocycles. The molecular formula is C38H42N2. The Labute approximate surface area is 239 Å². The maximum absolute atomic E-state index is 4.60. The number of para-hydroxylation sites is 2. The van der Waals surface area contributed by atoms with Gasteiger partial charge in [0, 0.05) is 49.4 Å². The van der Waals surface area contributed by atoms with Crippen molar-refractivity contribution in [2.45, 2.75) is 53.9 Å². The van der Waals surface area contributed by atoms with Gasteiger partial charge in [0.25, 0.3) is 0 Å². The summed E-state index contributed by atoms with van der Waals surface area (Å²) in [6.45, 7) is 19.3. The standard InChI is InChI=1S/C27H22N2.C7H8.2C2H6/c1-16-25-18-8-4-6-10-21(18)28-23(25)14-12-17-20(27(16,2)3)13-15-24-26(17)19-9-5-7-11-22(19)29-24;1-7-5-3-2-4-6-7;2*1-2/h4-15,28-29H,1H2,2-3H3;2-6H,1H3;2*1-2H3/b14-12-;;;. The van der Waals surface area contributed by atoms with Gasteiger partial charge in [0.2, 0.25) is 0 Å². The first kappa shape index (κ1) is 28.7. The number of hydrogen-bond donors (Lipinski definition) is 2. The molecule has 2 N–H and O–H groups in total. The third kappa shape index (κ3) is 5.14. The van der Waals surface area contributed by atoms with Gasteiger partial charge in [-0.15, -0.1) is 0 Å². The van der Waals surface area contributed by atoms with Crippen molar-refractivity contribution in [2.24, 2.45) is 0 Å². The quantitative estimate of drug-likeness (QED) is 0.197. The van der Waals surface area contributed by atoms with Gasteiger partial charge in [-0.05, 0) is 47.9 Å². The third-order valence-electron chi connectivity index (χ3n) is 7.53. The Hall–Kier alpha value is -4.30. The molecule has 2 heteroatoms. The summed E-state index contributed by atoms with van der Waals surface area (Å²) < 4.78 is 0. The number of fused-ring (bicyclic) bond motifs is 8. The van der Waals surface area contributed by atoms with Crippen LogP contribution in [0.3, 0.4) is 0 Å². The highest BCUT2D eigenvalue weighted by Gasteiger charge is 2.32. The normalized spacial score (nSPS) is 13.8. The van der Waals surface area contributed by atoms with Crippen molar-refractivity contribution in [1.82, 2.24) is 9.97 Å². The summed E-state index contributed by atoms with van der Waals surface area (Å²) >= 11 is 0. The van der Waals surface area contributed by atoms with Crippen LogP contribution >= 0.6 is 0 Å². The van der Waals surface area contributed by atoms with Gasteiger partial charge >= 0.3 is 0 Å². The van der Waals surface area contributed by atoms with Crippen LogP contribution in [0.5, 0.6) is 0 Å². The van der Waals surface area contributed by atoms with E-state index < -0.39 is 0 Å². The zero-order chi connectivity index (χ0) is 28.9. The fraction of sp³-hybridized carbons (Fsp3) is 0.211. The summed E-state index contributed by atoms with van der Waals surface area (Å²) in [6, 6.07) is 31.8. The van der Waals surface area contributed by atoms with Gasteiger partial charge in [0.15, 0.2) is 0 Å². The molecule has 0 fully saturated rings. The molecular weight excluding hydrogens is 484 g/mol. The average molecular weight is 527 g/mol. The molecule has 2 heterocycles. The summed E-state index contributed by atoms with van der Waals surface area (Å²) in [5.41, 5.74) is 10.7. The van der Waals surface area contributed by atoms with E-state index in [1.165, 1.54) is 49.4 Å². The highest BCUT2D eigenvalue weighted by atomic mass is 14.7. The van der Waals surface area contributed by atoms with Crippen molar-refractivity contribution in [2.75, 3.05) is 0 Å². The van der Waals surface area contributed by atoms with Crippen molar-refractivity contribution in [3.63, 3.8) is 0 Å². The Kier molecular flexibility index (Phi) is 8.80. The van der Waals surface area contributed by atoms with Crippen LogP contribution in [0.25, 0.3) is 50.4 Å². The molecule has 0 saturated heterocycles. The van der Waals surface area contributed by atoms with E-state index in [9.17, 15) is 0 Å². The molecule has 1 aliphatic carbocycles. The molecule has 1 aliphatic rings. The Morgan fingerprint density at radius 2 is 1.18 bits per heavy atom. The predicted molar refractivity (Wildman–Crippen MR) is 179 cm³/mol. The van der Waals surface area contributed by atoms with E-state index in [4.69, 9.17) is 0 Å². The fourth-order valence-corrected chi connectivity index (χ4v) is 5.48. The number of aryl methyl sites for hydroxylation is 1. The molecule has 0 saturated carbocycles. The number of benzene rings is 4. The average Bonchev–Trinajstić information content (AvgIpc) is 3.56. The second-order valence-electron chi connectivity index (χ2n) is 10.2. The van der Waals surface area contributed by atoms with E-state index in [1.807, 2.05) is 45.9 Å². The molecule has 0 radical (unpaired) electrons. The maximum atomic E-state index is 4.60. The number of nitrogens with one attached hydrogen (secondary N) is 2. The summed E-state index contributed by atoms with van der Waals surface area (Å²) in [5, 5.41) is 3.79. The van der Waals surface area contributed by atoms with Gasteiger partial charge in [-0.3, -0.25) is 0 Å². The van der Waals surface area contributed by atoms with Crippen LogP contribution in [0.4, 0.5) is 0 Å². The van der Waals surface area contributed by atoms with E-state index in [2.05, 4.69) is 122 Å². The molecule has 0 amide bonds. The highest BCUT2D eigenvalue weighted by Crippen LogP contribution is 2.46. The first-order valence-corrected chi connectivity index (χ1v) is 14.5. The van der Waals surface area contributed by atoms with Gasteiger partial charge in [-0.1, -0.05) is 133 Å². The van der Waals surface area contributed by atoms with E-state index in [0.717, 1.165) is 16.8 Å². The van der Waals surface area contributed by atoms with Gasteiger partial charge in [-0.2, -0.15) is 0 Å². The number of rotatable bonds is 0. The van der Waals surface area contributed by atoms with Gasteiger partial charge in [0.1, 0.15) is 0 Å². The first-order chi connectivity index (χ1) is 19.4. The number of aromatic amines is 2. The molecule has 0 atom stereocenters. The lowest BCUT2D eigenvalue weighted by atomic mass is 9.71. The summed E-state index contributed by atoms with van der Waals surface area (Å²) in [7, 11) is 0. The van der Waals surface area contributed by atoms with Crippen LogP contribution in [0, 0.1) is 6.92 Å². The molecule has 40 heavy (non-hydrogen) atoms. The van der Waals surface area contributed by atoms with Gasteiger partial charge in [-0.25, -0.2) is 0 Å². The molecule has 4 aromatic carbocycles. The van der Waals surface area contributed by atoms with Crippen molar-refractivity contribution < 1.29 is 0 Å². The lowest BCUT2D eigenvalue weighted by molar-refractivity contribution is 0.693. The van der Waals surface area contributed by atoms with Crippen molar-refractivity contribution in [1.29, 1.82) is 0 Å². The fourth-order valence-electron chi connectivity index (χ4n) is 5.48. The number of H-pyrrole nitrogens is 2. The molecule has 7 rings (SSSR count). The van der Waals surface area contributed by atoms with Gasteiger partial charge < -0.3 is 9.97 Å². The predicted octanol–water partition coefficient (Wildman–Crippen LogP) is 11.3. The van der Waals surface area contributed by atoms with Crippen molar-refractivity contribution in [3.8, 4) is 0 Å². The Morgan fingerprint density at radius 1 is 0.600 bits per heavy atom. The van der Waals surface area contributed by atoms with E-state index >= 15 is 0 Å². The van der Waals surface area contributed by atoms with Crippen LogP contribution in [-0.4, -0.2) is 9.97 Å². The minimum atomic E-state index is -0.202. The molecule has 204 valence electrons. The zero-order valence-corrected chi connectivity index (χ0v) is 25.0. The Morgan fingerprint density at radius 3 is 1.80 bits per heavy atom. The second-order valence-corrected chi connectivity index (χ2v) is 10.2. The van der Waals surface area contributed by atoms with E-state index in [-0.39, 0.29) is 5.41 Å². The summed E-state index contributed by atoms with van der Waals surface area (Å²) in [6.07, 6.45) is 4.50. The van der Waals surface area contributed by atoms with E-state index in [1.54, 1.807) is 0 Å². The SMILES string of the molecule is C=C1c2c([nH]c3ccccc23)/C=C\c2c(ccc3[nH]c4ccccc4c23)C1(C)C.CC.CC.Cc1ccccc1. The lowest BCUT2D eigenvalue weighted by Crippen LogP contribution is -2.21. The minimum absolute atomic E-state index is 0.202. The van der Waals surface area contributed by atoms with Crippen LogP contribution < -0.4 is 0 Å². The summed E-state index contributed by atoms with van der Waals surface area (Å²) in [4.78, 5) is 7.19.